The smallest absolute Gasteiger partial charge is 0.120 e. The lowest BCUT2D eigenvalue weighted by molar-refractivity contribution is 0.415. The summed E-state index contributed by atoms with van der Waals surface area (Å²) in [5.74, 6) is 0.846. The lowest BCUT2D eigenvalue weighted by atomic mass is 10.1. The van der Waals surface area contributed by atoms with Gasteiger partial charge in [0.15, 0.2) is 0 Å². The average Bonchev–Trinajstić information content (AvgIpc) is 2.47. The molecule has 0 spiro atoms. The molecule has 0 fully saturated rings. The van der Waals surface area contributed by atoms with E-state index in [1.165, 1.54) is 0 Å². The third-order valence-corrected chi connectivity index (χ3v) is 3.45. The SMILES string of the molecule is CNCc1cc(Cl)ccc1N(C)c1cccc(OC)c1. The van der Waals surface area contributed by atoms with Crippen LogP contribution in [0.3, 0.4) is 0 Å². The predicted molar refractivity (Wildman–Crippen MR) is 85.3 cm³/mol. The Bertz CT molecular complexity index is 586. The van der Waals surface area contributed by atoms with Crippen LogP contribution in [0, 0.1) is 0 Å². The Morgan fingerprint density at radius 3 is 2.70 bits per heavy atom. The molecule has 0 bridgehead atoms. The fourth-order valence-electron chi connectivity index (χ4n) is 2.17. The monoisotopic (exact) mass is 290 g/mol. The van der Waals surface area contributed by atoms with Crippen LogP contribution >= 0.6 is 11.6 Å². The molecule has 0 atom stereocenters. The molecule has 106 valence electrons. The second kappa shape index (κ2) is 6.64. The van der Waals surface area contributed by atoms with Crippen molar-refractivity contribution >= 4 is 23.0 Å². The molecular formula is C16H19ClN2O. The van der Waals surface area contributed by atoms with Crippen LogP contribution in [0.25, 0.3) is 0 Å². The normalized spacial score (nSPS) is 10.4. The summed E-state index contributed by atoms with van der Waals surface area (Å²) in [6, 6.07) is 13.9. The topological polar surface area (TPSA) is 24.5 Å². The summed E-state index contributed by atoms with van der Waals surface area (Å²) in [6.07, 6.45) is 0. The van der Waals surface area contributed by atoms with Crippen molar-refractivity contribution < 1.29 is 4.74 Å². The third-order valence-electron chi connectivity index (χ3n) is 3.21. The van der Waals surface area contributed by atoms with E-state index in [9.17, 15) is 0 Å². The molecule has 0 aliphatic carbocycles. The first-order chi connectivity index (χ1) is 9.65. The number of rotatable bonds is 5. The summed E-state index contributed by atoms with van der Waals surface area (Å²) in [5, 5.41) is 3.92. The summed E-state index contributed by atoms with van der Waals surface area (Å²) < 4.78 is 5.28. The van der Waals surface area contributed by atoms with Gasteiger partial charge in [-0.1, -0.05) is 17.7 Å². The molecular weight excluding hydrogens is 272 g/mol. The molecule has 0 aliphatic heterocycles. The first-order valence-corrected chi connectivity index (χ1v) is 6.84. The molecule has 0 radical (unpaired) electrons. The van der Waals surface area contributed by atoms with Gasteiger partial charge in [-0.25, -0.2) is 0 Å². The zero-order valence-corrected chi connectivity index (χ0v) is 12.7. The number of ether oxygens (including phenoxy) is 1. The molecule has 3 nitrogen and oxygen atoms in total. The second-order valence-corrected chi connectivity index (χ2v) is 5.00. The highest BCUT2D eigenvalue weighted by Gasteiger charge is 2.10. The van der Waals surface area contributed by atoms with Crippen molar-refractivity contribution in [2.24, 2.45) is 0 Å². The Kier molecular flexibility index (Phi) is 4.88. The van der Waals surface area contributed by atoms with Crippen molar-refractivity contribution in [2.75, 3.05) is 26.1 Å². The molecule has 4 heteroatoms. The molecule has 0 saturated carbocycles. The highest BCUT2D eigenvalue weighted by atomic mass is 35.5. The number of halogens is 1. The van der Waals surface area contributed by atoms with E-state index >= 15 is 0 Å². The van der Waals surface area contributed by atoms with Crippen LogP contribution in [0.5, 0.6) is 5.75 Å². The van der Waals surface area contributed by atoms with Gasteiger partial charge in [0.2, 0.25) is 0 Å². The molecule has 2 aromatic rings. The standard InChI is InChI=1S/C16H19ClN2O/c1-18-11-12-9-13(17)7-8-16(12)19(2)14-5-4-6-15(10-14)20-3/h4-10,18H,11H2,1-3H3. The fraction of sp³-hybridized carbons (Fsp3) is 0.250. The van der Waals surface area contributed by atoms with Gasteiger partial charge in [-0.2, -0.15) is 0 Å². The summed E-state index contributed by atoms with van der Waals surface area (Å²) in [5.41, 5.74) is 3.35. The summed E-state index contributed by atoms with van der Waals surface area (Å²) in [6.45, 7) is 0.768. The van der Waals surface area contributed by atoms with Crippen LogP contribution in [0.1, 0.15) is 5.56 Å². The van der Waals surface area contributed by atoms with Crippen molar-refractivity contribution in [1.82, 2.24) is 5.32 Å². The number of methoxy groups -OCH3 is 1. The highest BCUT2D eigenvalue weighted by molar-refractivity contribution is 6.30. The van der Waals surface area contributed by atoms with E-state index in [0.29, 0.717) is 0 Å². The van der Waals surface area contributed by atoms with Gasteiger partial charge in [0, 0.05) is 36.1 Å². The third kappa shape index (κ3) is 3.24. The Morgan fingerprint density at radius 1 is 1.20 bits per heavy atom. The van der Waals surface area contributed by atoms with E-state index in [2.05, 4.69) is 16.3 Å². The maximum atomic E-state index is 6.08. The van der Waals surface area contributed by atoms with Crippen LogP contribution in [0.2, 0.25) is 5.02 Å². The van der Waals surface area contributed by atoms with Crippen LogP contribution < -0.4 is 15.0 Å². The van der Waals surface area contributed by atoms with Gasteiger partial charge in [0.1, 0.15) is 5.75 Å². The minimum absolute atomic E-state index is 0.748. The van der Waals surface area contributed by atoms with E-state index in [4.69, 9.17) is 16.3 Å². The lowest BCUT2D eigenvalue weighted by Crippen LogP contribution is -2.15. The second-order valence-electron chi connectivity index (χ2n) is 4.56. The Morgan fingerprint density at radius 2 is 2.00 bits per heavy atom. The molecule has 0 aromatic heterocycles. The number of hydrogen-bond acceptors (Lipinski definition) is 3. The molecule has 0 heterocycles. The van der Waals surface area contributed by atoms with Crippen LogP contribution in [0.15, 0.2) is 42.5 Å². The van der Waals surface area contributed by atoms with Gasteiger partial charge in [-0.15, -0.1) is 0 Å². The first-order valence-electron chi connectivity index (χ1n) is 6.46. The molecule has 20 heavy (non-hydrogen) atoms. The molecule has 0 unspecified atom stereocenters. The molecule has 0 amide bonds. The largest absolute Gasteiger partial charge is 0.497 e. The van der Waals surface area contributed by atoms with E-state index in [1.54, 1.807) is 7.11 Å². The number of hydrogen-bond donors (Lipinski definition) is 1. The van der Waals surface area contributed by atoms with Crippen molar-refractivity contribution in [3.63, 3.8) is 0 Å². The predicted octanol–water partition coefficient (Wildman–Crippen LogP) is 3.84. The van der Waals surface area contributed by atoms with Crippen molar-refractivity contribution in [2.45, 2.75) is 6.54 Å². The fourth-order valence-corrected chi connectivity index (χ4v) is 2.37. The first kappa shape index (κ1) is 14.7. The molecule has 1 N–H and O–H groups in total. The minimum Gasteiger partial charge on any atom is -0.497 e. The highest BCUT2D eigenvalue weighted by Crippen LogP contribution is 2.30. The lowest BCUT2D eigenvalue weighted by Gasteiger charge is -2.23. The van der Waals surface area contributed by atoms with E-state index in [-0.39, 0.29) is 0 Å². The Hall–Kier alpha value is -1.71. The number of benzene rings is 2. The number of anilines is 2. The zero-order valence-electron chi connectivity index (χ0n) is 12.0. The van der Waals surface area contributed by atoms with Gasteiger partial charge >= 0.3 is 0 Å². The summed E-state index contributed by atoms with van der Waals surface area (Å²) in [4.78, 5) is 2.13. The van der Waals surface area contributed by atoms with E-state index < -0.39 is 0 Å². The Labute approximate surface area is 125 Å². The van der Waals surface area contributed by atoms with Crippen LogP contribution in [-0.4, -0.2) is 21.2 Å². The average molecular weight is 291 g/mol. The Balaban J connectivity index is 2.38. The van der Waals surface area contributed by atoms with Gasteiger partial charge in [-0.3, -0.25) is 0 Å². The minimum atomic E-state index is 0.748. The molecule has 0 aliphatic rings. The molecule has 2 rings (SSSR count). The van der Waals surface area contributed by atoms with Crippen molar-refractivity contribution in [3.05, 3.63) is 53.1 Å². The van der Waals surface area contributed by atoms with Gasteiger partial charge in [0.05, 0.1) is 7.11 Å². The van der Waals surface area contributed by atoms with Crippen LogP contribution in [0.4, 0.5) is 11.4 Å². The van der Waals surface area contributed by atoms with Gasteiger partial charge in [0.25, 0.3) is 0 Å². The summed E-state index contributed by atoms with van der Waals surface area (Å²) in [7, 11) is 5.64. The van der Waals surface area contributed by atoms with Crippen molar-refractivity contribution in [3.8, 4) is 5.75 Å². The van der Waals surface area contributed by atoms with E-state index in [1.807, 2.05) is 50.5 Å². The number of nitrogens with one attached hydrogen (secondary N) is 1. The number of nitrogens with zero attached hydrogens (tertiary/aromatic N) is 1. The van der Waals surface area contributed by atoms with Gasteiger partial charge < -0.3 is 15.0 Å². The van der Waals surface area contributed by atoms with Gasteiger partial charge in [-0.05, 0) is 42.9 Å². The van der Waals surface area contributed by atoms with Crippen molar-refractivity contribution in [1.29, 1.82) is 0 Å². The van der Waals surface area contributed by atoms with Crippen LogP contribution in [-0.2, 0) is 6.54 Å². The quantitative estimate of drug-likeness (QED) is 0.905. The summed E-state index contributed by atoms with van der Waals surface area (Å²) >= 11 is 6.08. The molecule has 2 aromatic carbocycles. The maximum Gasteiger partial charge on any atom is 0.120 e. The molecule has 0 saturated heterocycles. The zero-order chi connectivity index (χ0) is 14.5. The maximum absolute atomic E-state index is 6.08. The van der Waals surface area contributed by atoms with E-state index in [0.717, 1.165) is 34.3 Å².